The van der Waals surface area contributed by atoms with Gasteiger partial charge in [0.15, 0.2) is 0 Å². The van der Waals surface area contributed by atoms with Gasteiger partial charge in [-0.3, -0.25) is 4.79 Å². The van der Waals surface area contributed by atoms with Crippen molar-refractivity contribution in [2.24, 2.45) is 0 Å². The first-order chi connectivity index (χ1) is 15.1. The molecule has 0 aliphatic carbocycles. The van der Waals surface area contributed by atoms with Gasteiger partial charge in [-0.1, -0.05) is 78.4 Å². The molecular formula is C27H23N3O. The van der Waals surface area contributed by atoms with Crippen LogP contribution in [0, 0.1) is 18.3 Å². The summed E-state index contributed by atoms with van der Waals surface area (Å²) in [5, 5.41) is 13.5. The van der Waals surface area contributed by atoms with E-state index in [9.17, 15) is 10.1 Å². The average molecular weight is 406 g/mol. The molecule has 0 fully saturated rings. The molecule has 0 atom stereocenters. The molecule has 1 amide bonds. The van der Waals surface area contributed by atoms with Crippen LogP contribution in [0.15, 0.2) is 90.6 Å². The van der Waals surface area contributed by atoms with Crippen molar-refractivity contribution in [3.05, 3.63) is 113 Å². The molecule has 3 aromatic carbocycles. The number of fused-ring (bicyclic) bond motifs is 1. The van der Waals surface area contributed by atoms with E-state index in [2.05, 4.69) is 53.2 Å². The van der Waals surface area contributed by atoms with Crippen molar-refractivity contribution < 1.29 is 4.79 Å². The van der Waals surface area contributed by atoms with Crippen LogP contribution in [0.2, 0.25) is 0 Å². The van der Waals surface area contributed by atoms with Gasteiger partial charge >= 0.3 is 0 Å². The Balaban J connectivity index is 1.62. The summed E-state index contributed by atoms with van der Waals surface area (Å²) in [6, 6.07) is 28.2. The molecule has 4 rings (SSSR count). The Labute approximate surface area is 182 Å². The Bertz CT molecular complexity index is 1290. The summed E-state index contributed by atoms with van der Waals surface area (Å²) in [4.78, 5) is 12.6. The van der Waals surface area contributed by atoms with E-state index >= 15 is 0 Å². The van der Waals surface area contributed by atoms with Gasteiger partial charge in [0.2, 0.25) is 0 Å². The van der Waals surface area contributed by atoms with Crippen molar-refractivity contribution >= 4 is 22.9 Å². The third-order valence-corrected chi connectivity index (χ3v) is 5.22. The average Bonchev–Trinajstić information content (AvgIpc) is 3.13. The molecule has 4 nitrogen and oxygen atoms in total. The Kier molecular flexibility index (Phi) is 5.96. The minimum Gasteiger partial charge on any atom is -0.347 e. The van der Waals surface area contributed by atoms with E-state index in [0.717, 1.165) is 28.6 Å². The lowest BCUT2D eigenvalue weighted by Crippen LogP contribution is -2.23. The highest BCUT2D eigenvalue weighted by Crippen LogP contribution is 2.25. The van der Waals surface area contributed by atoms with E-state index in [-0.39, 0.29) is 11.5 Å². The molecule has 0 radical (unpaired) electrons. The van der Waals surface area contributed by atoms with Gasteiger partial charge in [0.25, 0.3) is 5.91 Å². The molecule has 0 bridgehead atoms. The van der Waals surface area contributed by atoms with E-state index < -0.39 is 0 Å². The number of nitrogens with one attached hydrogen (secondary N) is 1. The molecule has 0 saturated carbocycles. The summed E-state index contributed by atoms with van der Waals surface area (Å²) in [6.07, 6.45) is 3.68. The van der Waals surface area contributed by atoms with Crippen LogP contribution in [0.5, 0.6) is 0 Å². The second-order valence-electron chi connectivity index (χ2n) is 7.56. The Morgan fingerprint density at radius 1 is 1.00 bits per heavy atom. The molecule has 0 aliphatic heterocycles. The number of aryl methyl sites for hydroxylation is 1. The lowest BCUT2D eigenvalue weighted by atomic mass is 10.1. The zero-order chi connectivity index (χ0) is 21.6. The minimum atomic E-state index is -0.373. The summed E-state index contributed by atoms with van der Waals surface area (Å²) >= 11 is 0. The van der Waals surface area contributed by atoms with Gasteiger partial charge in [-0.25, -0.2) is 0 Å². The smallest absolute Gasteiger partial charge is 0.262 e. The van der Waals surface area contributed by atoms with Crippen LogP contribution >= 0.6 is 0 Å². The minimum absolute atomic E-state index is 0.0920. The quantitative estimate of drug-likeness (QED) is 0.353. The number of rotatable bonds is 6. The van der Waals surface area contributed by atoms with E-state index in [0.29, 0.717) is 6.54 Å². The number of hydrogen-bond acceptors (Lipinski definition) is 2. The molecule has 4 aromatic rings. The summed E-state index contributed by atoms with van der Waals surface area (Å²) in [7, 11) is 0. The van der Waals surface area contributed by atoms with Crippen molar-refractivity contribution in [3.63, 3.8) is 0 Å². The van der Waals surface area contributed by atoms with Crippen LogP contribution in [-0.2, 0) is 17.9 Å². The predicted octanol–water partition coefficient (Wildman–Crippen LogP) is 5.22. The lowest BCUT2D eigenvalue weighted by Gasteiger charge is -2.06. The number of benzene rings is 3. The van der Waals surface area contributed by atoms with Gasteiger partial charge in [-0.2, -0.15) is 5.26 Å². The number of carbonyl (C=O) groups excluding carboxylic acids is 1. The van der Waals surface area contributed by atoms with Crippen molar-refractivity contribution in [1.29, 1.82) is 5.26 Å². The van der Waals surface area contributed by atoms with Gasteiger partial charge in [-0.05, 0) is 30.2 Å². The fraction of sp³-hybridized carbons (Fsp3) is 0.111. The van der Waals surface area contributed by atoms with Gasteiger partial charge in [-0.15, -0.1) is 0 Å². The number of carbonyl (C=O) groups is 1. The first kappa shape index (κ1) is 20.2. The van der Waals surface area contributed by atoms with Crippen LogP contribution in [0.1, 0.15) is 22.3 Å². The Hall–Kier alpha value is -4.10. The molecule has 1 N–H and O–H groups in total. The summed E-state index contributed by atoms with van der Waals surface area (Å²) in [5.74, 6) is -0.373. The van der Waals surface area contributed by atoms with E-state index in [1.165, 1.54) is 11.1 Å². The largest absolute Gasteiger partial charge is 0.347 e. The first-order valence-corrected chi connectivity index (χ1v) is 10.2. The predicted molar refractivity (Wildman–Crippen MR) is 124 cm³/mol. The third-order valence-electron chi connectivity index (χ3n) is 5.22. The van der Waals surface area contributed by atoms with Crippen molar-refractivity contribution in [3.8, 4) is 6.07 Å². The molecule has 0 saturated heterocycles. The molecular weight excluding hydrogens is 382 g/mol. The number of nitriles is 1. The highest BCUT2D eigenvalue weighted by molar-refractivity contribution is 6.04. The van der Waals surface area contributed by atoms with Gasteiger partial charge in [0.05, 0.1) is 0 Å². The summed E-state index contributed by atoms with van der Waals surface area (Å²) in [5.41, 5.74) is 5.43. The van der Waals surface area contributed by atoms with Crippen LogP contribution in [0.25, 0.3) is 17.0 Å². The maximum atomic E-state index is 12.6. The Morgan fingerprint density at radius 3 is 2.52 bits per heavy atom. The van der Waals surface area contributed by atoms with Crippen molar-refractivity contribution in [2.45, 2.75) is 20.0 Å². The zero-order valence-corrected chi connectivity index (χ0v) is 17.4. The lowest BCUT2D eigenvalue weighted by molar-refractivity contribution is -0.117. The molecule has 31 heavy (non-hydrogen) atoms. The maximum absolute atomic E-state index is 12.6. The first-order valence-electron chi connectivity index (χ1n) is 10.2. The van der Waals surface area contributed by atoms with Crippen LogP contribution in [0.3, 0.4) is 0 Å². The van der Waals surface area contributed by atoms with E-state index in [1.807, 2.05) is 54.7 Å². The van der Waals surface area contributed by atoms with Gasteiger partial charge in [0.1, 0.15) is 11.6 Å². The van der Waals surface area contributed by atoms with E-state index in [1.54, 1.807) is 6.08 Å². The second kappa shape index (κ2) is 9.15. The Morgan fingerprint density at radius 2 is 1.74 bits per heavy atom. The molecule has 1 aromatic heterocycles. The van der Waals surface area contributed by atoms with Crippen molar-refractivity contribution in [1.82, 2.24) is 9.88 Å². The normalized spacial score (nSPS) is 11.3. The highest BCUT2D eigenvalue weighted by Gasteiger charge is 2.12. The molecule has 0 spiro atoms. The summed E-state index contributed by atoms with van der Waals surface area (Å²) < 4.78 is 2.16. The number of nitrogens with zero attached hydrogens (tertiary/aromatic N) is 2. The number of hydrogen-bond donors (Lipinski definition) is 1. The van der Waals surface area contributed by atoms with Crippen molar-refractivity contribution in [2.75, 3.05) is 0 Å². The molecule has 1 heterocycles. The summed E-state index contributed by atoms with van der Waals surface area (Å²) in [6.45, 7) is 3.19. The number of aromatic nitrogens is 1. The fourth-order valence-electron chi connectivity index (χ4n) is 3.71. The monoisotopic (exact) mass is 405 g/mol. The molecule has 0 unspecified atom stereocenters. The van der Waals surface area contributed by atoms with Gasteiger partial charge < -0.3 is 9.88 Å². The molecule has 4 heteroatoms. The van der Waals surface area contributed by atoms with E-state index in [4.69, 9.17) is 0 Å². The maximum Gasteiger partial charge on any atom is 0.262 e. The van der Waals surface area contributed by atoms with Crippen LogP contribution in [0.4, 0.5) is 0 Å². The highest BCUT2D eigenvalue weighted by atomic mass is 16.1. The molecule has 0 aliphatic rings. The number of para-hydroxylation sites is 1. The fourth-order valence-corrected chi connectivity index (χ4v) is 3.71. The second-order valence-corrected chi connectivity index (χ2v) is 7.56. The number of amides is 1. The third kappa shape index (κ3) is 4.73. The van der Waals surface area contributed by atoms with Crippen LogP contribution < -0.4 is 5.32 Å². The topological polar surface area (TPSA) is 57.8 Å². The standard InChI is InChI=1S/C27H23N3O/c1-20-8-7-11-22(14-20)18-30-19-24(25-12-5-6-13-26(25)30)15-23(16-28)27(31)29-17-21-9-3-2-4-10-21/h2-15,19H,17-18H2,1H3,(H,29,31)/b23-15-. The zero-order valence-electron chi connectivity index (χ0n) is 17.4. The van der Waals surface area contributed by atoms with Crippen LogP contribution in [-0.4, -0.2) is 10.5 Å². The van der Waals surface area contributed by atoms with Gasteiger partial charge in [0, 0.05) is 35.8 Å². The SMILES string of the molecule is Cc1cccc(Cn2cc(/C=C(/C#N)C(=O)NCc3ccccc3)c3ccccc32)c1. The molecule has 152 valence electrons.